The number of hydrogen-bond donors (Lipinski definition) is 3. The van der Waals surface area contributed by atoms with Gasteiger partial charge in [-0.15, -0.1) is 0 Å². The van der Waals surface area contributed by atoms with Crippen molar-refractivity contribution in [2.45, 2.75) is 6.42 Å². The van der Waals surface area contributed by atoms with Crippen molar-refractivity contribution in [1.82, 2.24) is 19.7 Å². The smallest absolute Gasteiger partial charge is 0.323 e. The Kier molecular flexibility index (Phi) is 2.72. The topological polar surface area (TPSA) is 92.5 Å². The Morgan fingerprint density at radius 2 is 2.05 bits per heavy atom. The summed E-state index contributed by atoms with van der Waals surface area (Å²) in [5.41, 5.74) is 9.91. The highest BCUT2D eigenvalue weighted by atomic mass is 16.1. The van der Waals surface area contributed by atoms with E-state index in [1.54, 1.807) is 0 Å². The summed E-state index contributed by atoms with van der Waals surface area (Å²) in [6.45, 7) is 0.600. The number of aromatic amines is 2. The van der Waals surface area contributed by atoms with Crippen molar-refractivity contribution in [3.63, 3.8) is 0 Å². The van der Waals surface area contributed by atoms with Crippen LogP contribution in [0.3, 0.4) is 0 Å². The van der Waals surface area contributed by atoms with E-state index >= 15 is 0 Å². The summed E-state index contributed by atoms with van der Waals surface area (Å²) in [7, 11) is 1.91. The molecular weight excluding hydrogens is 242 g/mol. The van der Waals surface area contributed by atoms with E-state index in [1.165, 1.54) is 0 Å². The van der Waals surface area contributed by atoms with Crippen molar-refractivity contribution < 1.29 is 0 Å². The van der Waals surface area contributed by atoms with Gasteiger partial charge in [-0.25, -0.2) is 4.79 Å². The molecule has 0 amide bonds. The first-order chi connectivity index (χ1) is 9.17. The monoisotopic (exact) mass is 257 g/mol. The van der Waals surface area contributed by atoms with E-state index in [4.69, 9.17) is 5.73 Å². The van der Waals surface area contributed by atoms with Crippen molar-refractivity contribution in [2.24, 2.45) is 12.8 Å². The normalized spacial score (nSPS) is 11.3. The summed E-state index contributed by atoms with van der Waals surface area (Å²) < 4.78 is 1.84. The van der Waals surface area contributed by atoms with E-state index < -0.39 is 0 Å². The minimum atomic E-state index is -0.197. The second-order valence-corrected chi connectivity index (χ2v) is 4.52. The first kappa shape index (κ1) is 11.7. The van der Waals surface area contributed by atoms with Crippen LogP contribution in [0.15, 0.2) is 29.1 Å². The zero-order valence-corrected chi connectivity index (χ0v) is 10.6. The van der Waals surface area contributed by atoms with Crippen LogP contribution in [0.1, 0.15) is 5.69 Å². The van der Waals surface area contributed by atoms with Gasteiger partial charge < -0.3 is 15.7 Å². The predicted octanol–water partition coefficient (Wildman–Crippen LogP) is 0.758. The molecule has 0 fully saturated rings. The third-order valence-corrected chi connectivity index (χ3v) is 3.19. The van der Waals surface area contributed by atoms with Crippen LogP contribution >= 0.6 is 0 Å². The molecule has 0 aliphatic heterocycles. The molecule has 6 nitrogen and oxygen atoms in total. The fourth-order valence-corrected chi connectivity index (χ4v) is 2.22. The molecule has 19 heavy (non-hydrogen) atoms. The lowest BCUT2D eigenvalue weighted by atomic mass is 10.1. The number of nitrogens with two attached hydrogens (primary N) is 1. The van der Waals surface area contributed by atoms with Gasteiger partial charge >= 0.3 is 5.69 Å². The number of nitrogens with zero attached hydrogens (tertiary/aromatic N) is 2. The predicted molar refractivity (Wildman–Crippen MR) is 73.9 cm³/mol. The summed E-state index contributed by atoms with van der Waals surface area (Å²) >= 11 is 0. The van der Waals surface area contributed by atoms with Crippen LogP contribution in [-0.4, -0.2) is 26.3 Å². The first-order valence-corrected chi connectivity index (χ1v) is 6.13. The molecule has 98 valence electrons. The number of rotatable bonds is 3. The van der Waals surface area contributed by atoms with E-state index in [1.807, 2.05) is 36.0 Å². The second kappa shape index (κ2) is 4.40. The molecule has 3 aromatic rings. The highest BCUT2D eigenvalue weighted by molar-refractivity contribution is 5.80. The Morgan fingerprint density at radius 1 is 1.26 bits per heavy atom. The fourth-order valence-electron chi connectivity index (χ4n) is 2.22. The third kappa shape index (κ3) is 2.06. The van der Waals surface area contributed by atoms with Gasteiger partial charge in [0.05, 0.1) is 16.7 Å². The van der Waals surface area contributed by atoms with Crippen LogP contribution < -0.4 is 11.4 Å². The van der Waals surface area contributed by atoms with Gasteiger partial charge in [-0.2, -0.15) is 5.10 Å². The average molecular weight is 257 g/mol. The maximum absolute atomic E-state index is 11.2. The van der Waals surface area contributed by atoms with Crippen LogP contribution in [-0.2, 0) is 13.5 Å². The number of H-pyrrole nitrogens is 2. The molecule has 0 aliphatic rings. The Morgan fingerprint density at radius 3 is 2.84 bits per heavy atom. The summed E-state index contributed by atoms with van der Waals surface area (Å²) in [4.78, 5) is 16.7. The fraction of sp³-hybridized carbons (Fsp3) is 0.231. The highest BCUT2D eigenvalue weighted by Gasteiger charge is 2.08. The number of hydrogen-bond acceptors (Lipinski definition) is 3. The summed E-state index contributed by atoms with van der Waals surface area (Å²) in [6, 6.07) is 7.76. The number of imidazole rings is 1. The second-order valence-electron chi connectivity index (χ2n) is 4.52. The molecule has 0 aliphatic carbocycles. The minimum Gasteiger partial charge on any atom is -0.330 e. The average Bonchev–Trinajstić information content (AvgIpc) is 2.91. The summed E-state index contributed by atoms with van der Waals surface area (Å²) in [6.07, 6.45) is 0.798. The van der Waals surface area contributed by atoms with Crippen molar-refractivity contribution >= 4 is 11.0 Å². The third-order valence-electron chi connectivity index (χ3n) is 3.19. The standard InChI is InChI=1S/C13H15N5O/c1-18-9(4-5-14)7-11(17-18)8-2-3-10-12(6-8)16-13(19)15-10/h2-3,6-7H,4-5,14H2,1H3,(H2,15,16,19). The lowest BCUT2D eigenvalue weighted by molar-refractivity contribution is 0.708. The molecule has 0 atom stereocenters. The Hall–Kier alpha value is -2.34. The molecule has 3 rings (SSSR count). The zero-order valence-electron chi connectivity index (χ0n) is 10.6. The van der Waals surface area contributed by atoms with Crippen LogP contribution in [0.5, 0.6) is 0 Å². The van der Waals surface area contributed by atoms with E-state index in [0.29, 0.717) is 6.54 Å². The molecule has 0 saturated heterocycles. The van der Waals surface area contributed by atoms with Crippen molar-refractivity contribution in [2.75, 3.05) is 6.54 Å². The molecule has 6 heteroatoms. The van der Waals surface area contributed by atoms with Crippen LogP contribution in [0, 0.1) is 0 Å². The van der Waals surface area contributed by atoms with Crippen LogP contribution in [0.4, 0.5) is 0 Å². The quantitative estimate of drug-likeness (QED) is 0.646. The molecule has 0 saturated carbocycles. The van der Waals surface area contributed by atoms with Gasteiger partial charge in [-0.1, -0.05) is 6.07 Å². The van der Waals surface area contributed by atoms with E-state index in [9.17, 15) is 4.79 Å². The van der Waals surface area contributed by atoms with Gasteiger partial charge in [0.1, 0.15) is 0 Å². The highest BCUT2D eigenvalue weighted by Crippen LogP contribution is 2.22. The van der Waals surface area contributed by atoms with Gasteiger partial charge in [0.25, 0.3) is 0 Å². The van der Waals surface area contributed by atoms with Gasteiger partial charge in [0.15, 0.2) is 0 Å². The van der Waals surface area contributed by atoms with Gasteiger partial charge in [-0.3, -0.25) is 4.68 Å². The van der Waals surface area contributed by atoms with Gasteiger partial charge in [0.2, 0.25) is 0 Å². The van der Waals surface area contributed by atoms with Crippen molar-refractivity contribution in [3.05, 3.63) is 40.4 Å². The van der Waals surface area contributed by atoms with Crippen LogP contribution in [0.25, 0.3) is 22.3 Å². The van der Waals surface area contributed by atoms with E-state index in [0.717, 1.165) is 34.4 Å². The molecule has 0 spiro atoms. The zero-order chi connectivity index (χ0) is 13.4. The van der Waals surface area contributed by atoms with E-state index in [-0.39, 0.29) is 5.69 Å². The molecule has 2 heterocycles. The SMILES string of the molecule is Cn1nc(-c2ccc3[nH]c(=O)[nH]c3c2)cc1CCN. The number of nitrogens with one attached hydrogen (secondary N) is 2. The summed E-state index contributed by atoms with van der Waals surface area (Å²) in [5.74, 6) is 0. The molecule has 1 aromatic carbocycles. The largest absolute Gasteiger partial charge is 0.330 e. The number of benzene rings is 1. The Bertz CT molecular complexity index is 780. The number of aryl methyl sites for hydroxylation is 1. The Balaban J connectivity index is 2.07. The van der Waals surface area contributed by atoms with Gasteiger partial charge in [0, 0.05) is 24.7 Å². The molecular formula is C13H15N5O. The van der Waals surface area contributed by atoms with Gasteiger partial charge in [-0.05, 0) is 24.7 Å². The lowest BCUT2D eigenvalue weighted by Gasteiger charge is -1.96. The Labute approximate surface area is 109 Å². The summed E-state index contributed by atoms with van der Waals surface area (Å²) in [5, 5.41) is 4.47. The lowest BCUT2D eigenvalue weighted by Crippen LogP contribution is -2.06. The molecule has 0 bridgehead atoms. The number of aromatic nitrogens is 4. The maximum Gasteiger partial charge on any atom is 0.323 e. The van der Waals surface area contributed by atoms with E-state index in [2.05, 4.69) is 15.1 Å². The van der Waals surface area contributed by atoms with Crippen molar-refractivity contribution in [3.8, 4) is 11.3 Å². The minimum absolute atomic E-state index is 0.197. The van der Waals surface area contributed by atoms with Crippen LogP contribution in [0.2, 0.25) is 0 Å². The van der Waals surface area contributed by atoms with Crippen molar-refractivity contribution in [1.29, 1.82) is 0 Å². The molecule has 0 unspecified atom stereocenters. The molecule has 4 N–H and O–H groups in total. The maximum atomic E-state index is 11.2. The molecule has 0 radical (unpaired) electrons. The number of fused-ring (bicyclic) bond motifs is 1. The molecule has 2 aromatic heterocycles. The first-order valence-electron chi connectivity index (χ1n) is 6.13.